The van der Waals surface area contributed by atoms with Gasteiger partial charge < -0.3 is 49.1 Å². The zero-order valence-electron chi connectivity index (χ0n) is 36.4. The summed E-state index contributed by atoms with van der Waals surface area (Å²) < 4.78 is 35.7. The summed E-state index contributed by atoms with van der Waals surface area (Å²) in [7, 11) is 0. The molecule has 0 radical (unpaired) electrons. The van der Waals surface area contributed by atoms with Gasteiger partial charge in [-0.2, -0.15) is 0 Å². The smallest absolute Gasteiger partial charge is 0.407 e. The van der Waals surface area contributed by atoms with Crippen LogP contribution in [0.4, 0.5) is 4.79 Å². The van der Waals surface area contributed by atoms with E-state index in [1.165, 1.54) is 32.9 Å². The molecule has 1 saturated heterocycles. The summed E-state index contributed by atoms with van der Waals surface area (Å²) in [6.07, 6.45) is -11.2. The normalized spacial score (nSPS) is 33.0. The van der Waals surface area contributed by atoms with Gasteiger partial charge >= 0.3 is 30.0 Å². The molecule has 1 aromatic rings. The second-order valence-electron chi connectivity index (χ2n) is 18.7. The molecule has 3 fully saturated rings. The number of rotatable bonds is 11. The van der Waals surface area contributed by atoms with Crippen molar-refractivity contribution in [1.82, 2.24) is 5.32 Å². The number of ether oxygens (including phenoxy) is 6. The van der Waals surface area contributed by atoms with E-state index in [0.29, 0.717) is 0 Å². The van der Waals surface area contributed by atoms with Crippen molar-refractivity contribution in [2.45, 2.75) is 161 Å². The Labute approximate surface area is 350 Å². The van der Waals surface area contributed by atoms with Crippen molar-refractivity contribution >= 4 is 35.8 Å². The highest BCUT2D eigenvalue weighted by molar-refractivity contribution is 5.95. The minimum absolute atomic E-state index is 0.0158. The number of amides is 1. The molecule has 1 heterocycles. The lowest BCUT2D eigenvalue weighted by Gasteiger charge is -2.67. The lowest BCUT2D eigenvalue weighted by molar-refractivity contribution is -0.346. The maximum absolute atomic E-state index is 15.5. The van der Waals surface area contributed by atoms with Crippen LogP contribution in [0, 0.1) is 22.7 Å². The predicted molar refractivity (Wildman–Crippen MR) is 212 cm³/mol. The molecular formula is C44H61NO15. The van der Waals surface area contributed by atoms with E-state index in [2.05, 4.69) is 5.32 Å². The molecule has 0 aromatic heterocycles. The summed E-state index contributed by atoms with van der Waals surface area (Å²) >= 11 is 0. The molecule has 1 aliphatic heterocycles. The van der Waals surface area contributed by atoms with Gasteiger partial charge in [0.05, 0.1) is 35.6 Å². The van der Waals surface area contributed by atoms with Gasteiger partial charge in [-0.25, -0.2) is 14.4 Å². The molecule has 16 nitrogen and oxygen atoms in total. The van der Waals surface area contributed by atoms with Crippen LogP contribution in [0.1, 0.15) is 112 Å². The Balaban J connectivity index is 1.73. The first-order valence-electron chi connectivity index (χ1n) is 20.6. The number of hydrogen-bond acceptors (Lipinski definition) is 15. The Bertz CT molecular complexity index is 1890. The Kier molecular flexibility index (Phi) is 13.1. The van der Waals surface area contributed by atoms with E-state index in [-0.39, 0.29) is 48.5 Å². The van der Waals surface area contributed by atoms with E-state index in [0.717, 1.165) is 6.92 Å². The number of aliphatic hydroxyl groups excluding tert-OH is 2. The number of Topliss-reactive ketones (excluding diaryl/α,β-unsaturated/α-hetero) is 1. The van der Waals surface area contributed by atoms with Crippen LogP contribution in [0.2, 0.25) is 0 Å². The van der Waals surface area contributed by atoms with E-state index in [9.17, 15) is 39.3 Å². The van der Waals surface area contributed by atoms with Crippen molar-refractivity contribution < 1.29 is 72.5 Å². The highest BCUT2D eigenvalue weighted by atomic mass is 16.6. The first-order valence-corrected chi connectivity index (χ1v) is 20.6. The molecule has 4 N–H and O–H groups in total. The number of aliphatic hydroxyl groups is 3. The lowest BCUT2D eigenvalue weighted by Crippen LogP contribution is -2.82. The molecule has 3 aliphatic carbocycles. The summed E-state index contributed by atoms with van der Waals surface area (Å²) in [4.78, 5) is 82.9. The van der Waals surface area contributed by atoms with Crippen molar-refractivity contribution in [3.63, 3.8) is 0 Å². The molecule has 0 spiro atoms. The van der Waals surface area contributed by atoms with Crippen molar-refractivity contribution in [2.24, 2.45) is 22.7 Å². The van der Waals surface area contributed by atoms with Gasteiger partial charge in [0, 0.05) is 31.6 Å². The molecule has 16 heteroatoms. The van der Waals surface area contributed by atoms with Crippen LogP contribution in [-0.2, 0) is 47.6 Å². The molecule has 4 aliphatic rings. The van der Waals surface area contributed by atoms with E-state index in [1.54, 1.807) is 52.8 Å². The molecule has 2 saturated carbocycles. The lowest BCUT2D eigenvalue weighted by atomic mass is 9.44. The molecular weight excluding hydrogens is 782 g/mol. The number of carbonyl (C=O) groups is 6. The van der Waals surface area contributed by atoms with Crippen LogP contribution in [-0.4, -0.2) is 117 Å². The fourth-order valence-electron chi connectivity index (χ4n) is 9.67. The van der Waals surface area contributed by atoms with Crippen LogP contribution in [0.3, 0.4) is 0 Å². The zero-order chi connectivity index (χ0) is 44.9. The summed E-state index contributed by atoms with van der Waals surface area (Å²) in [6.45, 7) is 17.1. The van der Waals surface area contributed by atoms with Gasteiger partial charge in [0.2, 0.25) is 0 Å². The number of nitrogens with one attached hydrogen (secondary N) is 1. The number of esters is 4. The van der Waals surface area contributed by atoms with Gasteiger partial charge in [-0.1, -0.05) is 52.8 Å². The first kappa shape index (κ1) is 46.7. The second-order valence-corrected chi connectivity index (χ2v) is 18.7. The van der Waals surface area contributed by atoms with Gasteiger partial charge in [0.1, 0.15) is 29.5 Å². The summed E-state index contributed by atoms with van der Waals surface area (Å²) in [5, 5.41) is 39.8. The third-order valence-electron chi connectivity index (χ3n) is 12.7. The van der Waals surface area contributed by atoms with Gasteiger partial charge in [-0.3, -0.25) is 14.4 Å². The first-order chi connectivity index (χ1) is 27.7. The van der Waals surface area contributed by atoms with E-state index < -0.39 is 118 Å². The highest BCUT2D eigenvalue weighted by Crippen LogP contribution is 2.64. The molecule has 332 valence electrons. The largest absolute Gasteiger partial charge is 0.456 e. The minimum atomic E-state index is -2.37. The fraction of sp³-hybridized carbons (Fsp3) is 0.682. The van der Waals surface area contributed by atoms with Crippen LogP contribution in [0.25, 0.3) is 0 Å². The third-order valence-corrected chi connectivity index (χ3v) is 12.7. The maximum atomic E-state index is 15.5. The molecule has 11 atom stereocenters. The Morgan fingerprint density at radius 2 is 1.65 bits per heavy atom. The monoisotopic (exact) mass is 843 g/mol. The average molecular weight is 844 g/mol. The van der Waals surface area contributed by atoms with Gasteiger partial charge in [-0.15, -0.1) is 0 Å². The SMILES string of the molecule is CCC(=O)O[C@H]1C(=O)[C@@]2(C)[C@H]([C@H](OC(=O)c3ccccc3)[C@]3(O)C[C@H](OC(=O)[C@H](O)[C@H](CC(C)C)NC(=O)OC(C)(C)C)C(C)=C1C3(C)C)[C@]1(OC(C)=O)CO[C@@H]1C[C@@H]2O. The maximum Gasteiger partial charge on any atom is 0.407 e. The average Bonchev–Trinajstić information content (AvgIpc) is 3.14. The van der Waals surface area contributed by atoms with E-state index >= 15 is 4.79 Å². The van der Waals surface area contributed by atoms with E-state index in [1.807, 2.05) is 13.8 Å². The number of hydrogen-bond donors (Lipinski definition) is 4. The number of ketones is 1. The molecule has 1 aromatic carbocycles. The Morgan fingerprint density at radius 3 is 2.18 bits per heavy atom. The number of carbonyl (C=O) groups excluding carboxylic acids is 6. The molecule has 60 heavy (non-hydrogen) atoms. The number of alkyl carbamates (subject to hydrolysis) is 1. The third kappa shape index (κ3) is 8.32. The quantitative estimate of drug-likeness (QED) is 0.141. The van der Waals surface area contributed by atoms with Gasteiger partial charge in [0.15, 0.2) is 23.6 Å². The summed E-state index contributed by atoms with van der Waals surface area (Å²) in [6, 6.07) is 6.67. The standard InChI is InChI=1S/C44H61NO15/c1-12-30(48)57-33-31-23(4)27(56-38(52)32(49)26(18-22(2)3)45-39(53)60-40(6,7)8)20-44(54,41(31,9)10)36(58-37(51)25-16-14-13-15-17-25)34-42(11,35(33)50)28(47)19-29-43(34,21-55-29)59-24(5)46/h13-17,22,26-29,32-34,36,47,49,54H,12,18-21H2,1-11H3,(H,45,53)/t26-,27-,28-,29+,32+,33+,34-,36-,42+,43-,44+/m0/s1. The number of benzene rings is 1. The van der Waals surface area contributed by atoms with E-state index in [4.69, 9.17) is 28.4 Å². The Hall–Kier alpha value is -4.38. The van der Waals surface area contributed by atoms with Crippen LogP contribution in [0.5, 0.6) is 0 Å². The second kappa shape index (κ2) is 16.8. The zero-order valence-corrected chi connectivity index (χ0v) is 36.4. The predicted octanol–water partition coefficient (Wildman–Crippen LogP) is 3.89. The van der Waals surface area contributed by atoms with Crippen molar-refractivity contribution in [3.05, 3.63) is 47.0 Å². The fourth-order valence-corrected chi connectivity index (χ4v) is 9.67. The van der Waals surface area contributed by atoms with Crippen molar-refractivity contribution in [2.75, 3.05) is 6.61 Å². The Morgan fingerprint density at radius 1 is 1.02 bits per heavy atom. The van der Waals surface area contributed by atoms with Crippen LogP contribution in [0.15, 0.2) is 41.5 Å². The summed E-state index contributed by atoms with van der Waals surface area (Å²) in [5.41, 5.74) is -8.43. The topological polar surface area (TPSA) is 231 Å². The van der Waals surface area contributed by atoms with Crippen molar-refractivity contribution in [1.29, 1.82) is 0 Å². The van der Waals surface area contributed by atoms with Crippen LogP contribution < -0.4 is 5.32 Å². The van der Waals surface area contributed by atoms with Crippen LogP contribution >= 0.6 is 0 Å². The number of fused-ring (bicyclic) bond motifs is 5. The molecule has 1 amide bonds. The molecule has 2 bridgehead atoms. The molecule has 0 unspecified atom stereocenters. The highest BCUT2D eigenvalue weighted by Gasteiger charge is 2.78. The minimum Gasteiger partial charge on any atom is -0.456 e. The summed E-state index contributed by atoms with van der Waals surface area (Å²) in [5.74, 6) is -6.21. The van der Waals surface area contributed by atoms with Gasteiger partial charge in [0.25, 0.3) is 0 Å². The molecule has 5 rings (SSSR count). The van der Waals surface area contributed by atoms with Crippen molar-refractivity contribution in [3.8, 4) is 0 Å². The van der Waals surface area contributed by atoms with Gasteiger partial charge in [-0.05, 0) is 70.2 Å².